The predicted octanol–water partition coefficient (Wildman–Crippen LogP) is 1.84. The Morgan fingerprint density at radius 3 is 2.44 bits per heavy atom. The molecule has 1 rings (SSSR count). The monoisotopic (exact) mass is 218 g/mol. The van der Waals surface area contributed by atoms with Gasteiger partial charge in [0.2, 0.25) is 0 Å². The van der Waals surface area contributed by atoms with Crippen molar-refractivity contribution in [2.24, 2.45) is 0 Å². The minimum atomic E-state index is -1.19. The van der Waals surface area contributed by atoms with Crippen LogP contribution >= 0.6 is 0 Å². The maximum absolute atomic E-state index is 10.9. The van der Waals surface area contributed by atoms with E-state index in [4.69, 9.17) is 5.11 Å². The summed E-state index contributed by atoms with van der Waals surface area (Å²) in [4.78, 5) is 21.0. The molecule has 0 spiro atoms. The van der Waals surface area contributed by atoms with Crippen LogP contribution in [-0.4, -0.2) is 17.0 Å². The van der Waals surface area contributed by atoms with E-state index in [-0.39, 0.29) is 0 Å². The van der Waals surface area contributed by atoms with Gasteiger partial charge in [0.05, 0.1) is 6.26 Å². The van der Waals surface area contributed by atoms with Gasteiger partial charge in [-0.3, -0.25) is 0 Å². The second-order valence-electron chi connectivity index (χ2n) is 2.82. The molecule has 1 aromatic rings. The molecule has 0 radical (unpaired) electrons. The van der Waals surface area contributed by atoms with Gasteiger partial charge in [-0.2, -0.15) is 0 Å². The van der Waals surface area contributed by atoms with Crippen molar-refractivity contribution in [3.63, 3.8) is 0 Å². The third-order valence-electron chi connectivity index (χ3n) is 1.61. The Morgan fingerprint density at radius 1 is 1.12 bits per heavy atom. The number of rotatable bonds is 4. The standard InChI is InChI=1S/C12H10O4/c13-11(14)6-7-12(15)16-9-8-10-4-2-1-3-5-10/h1-9H,(H,13,14)/b7-6-,9-8?. The van der Waals surface area contributed by atoms with Gasteiger partial charge in [-0.05, 0) is 11.6 Å². The van der Waals surface area contributed by atoms with Gasteiger partial charge in [0, 0.05) is 12.2 Å². The summed E-state index contributed by atoms with van der Waals surface area (Å²) in [6, 6.07) is 9.27. The molecule has 4 nitrogen and oxygen atoms in total. The van der Waals surface area contributed by atoms with Crippen molar-refractivity contribution in [2.45, 2.75) is 0 Å². The minimum absolute atomic E-state index is 0.721. The molecule has 4 heteroatoms. The molecule has 0 heterocycles. The second kappa shape index (κ2) is 6.19. The Kier molecular flexibility index (Phi) is 4.53. The summed E-state index contributed by atoms with van der Waals surface area (Å²) >= 11 is 0. The third kappa shape index (κ3) is 4.76. The highest BCUT2D eigenvalue weighted by molar-refractivity contribution is 5.91. The Balaban J connectivity index is 2.43. The van der Waals surface area contributed by atoms with Crippen LogP contribution in [0.5, 0.6) is 0 Å². The highest BCUT2D eigenvalue weighted by atomic mass is 16.5. The van der Waals surface area contributed by atoms with E-state index in [0.29, 0.717) is 0 Å². The fourth-order valence-corrected chi connectivity index (χ4v) is 0.922. The van der Waals surface area contributed by atoms with Gasteiger partial charge in [-0.1, -0.05) is 30.3 Å². The highest BCUT2D eigenvalue weighted by Crippen LogP contribution is 2.00. The predicted molar refractivity (Wildman–Crippen MR) is 58.3 cm³/mol. The van der Waals surface area contributed by atoms with Crippen molar-refractivity contribution >= 4 is 18.0 Å². The molecule has 0 aliphatic rings. The molecule has 0 fully saturated rings. The number of aliphatic carboxylic acids is 1. The Labute approximate surface area is 92.5 Å². The quantitative estimate of drug-likeness (QED) is 0.476. The van der Waals surface area contributed by atoms with E-state index in [2.05, 4.69) is 4.74 Å². The van der Waals surface area contributed by atoms with E-state index in [1.54, 1.807) is 6.08 Å². The number of esters is 1. The van der Waals surface area contributed by atoms with E-state index >= 15 is 0 Å². The first-order valence-electron chi connectivity index (χ1n) is 4.52. The van der Waals surface area contributed by atoms with E-state index in [1.165, 1.54) is 6.26 Å². The van der Waals surface area contributed by atoms with E-state index in [1.807, 2.05) is 30.3 Å². The fraction of sp³-hybridized carbons (Fsp3) is 0. The molecule has 0 atom stereocenters. The molecule has 0 aromatic heterocycles. The van der Waals surface area contributed by atoms with Crippen LogP contribution < -0.4 is 0 Å². The average molecular weight is 218 g/mol. The van der Waals surface area contributed by atoms with Gasteiger partial charge < -0.3 is 9.84 Å². The minimum Gasteiger partial charge on any atom is -0.478 e. The molecule has 0 bridgehead atoms. The van der Waals surface area contributed by atoms with Crippen molar-refractivity contribution in [1.29, 1.82) is 0 Å². The lowest BCUT2D eigenvalue weighted by molar-refractivity contribution is -0.134. The van der Waals surface area contributed by atoms with Crippen LogP contribution in [0.3, 0.4) is 0 Å². The Bertz CT molecular complexity index is 418. The summed E-state index contributed by atoms with van der Waals surface area (Å²) in [6.07, 6.45) is 4.38. The van der Waals surface area contributed by atoms with Gasteiger partial charge >= 0.3 is 11.9 Å². The molecular formula is C12H10O4. The molecule has 0 aliphatic heterocycles. The number of hydrogen-bond acceptors (Lipinski definition) is 3. The number of ether oxygens (including phenoxy) is 1. The number of hydrogen-bond donors (Lipinski definition) is 1. The zero-order valence-corrected chi connectivity index (χ0v) is 8.37. The van der Waals surface area contributed by atoms with Crippen LogP contribution in [-0.2, 0) is 14.3 Å². The molecule has 82 valence electrons. The van der Waals surface area contributed by atoms with Crippen molar-refractivity contribution in [3.8, 4) is 0 Å². The van der Waals surface area contributed by atoms with Crippen molar-refractivity contribution in [3.05, 3.63) is 54.3 Å². The maximum Gasteiger partial charge on any atom is 0.335 e. The van der Waals surface area contributed by atoms with Crippen molar-refractivity contribution < 1.29 is 19.4 Å². The number of carbonyl (C=O) groups is 2. The van der Waals surface area contributed by atoms with Gasteiger partial charge in [0.15, 0.2) is 0 Å². The topological polar surface area (TPSA) is 63.6 Å². The van der Waals surface area contributed by atoms with E-state index in [9.17, 15) is 9.59 Å². The summed E-state index contributed by atoms with van der Waals surface area (Å²) < 4.78 is 4.63. The first kappa shape index (κ1) is 11.7. The average Bonchev–Trinajstić information content (AvgIpc) is 2.28. The second-order valence-corrected chi connectivity index (χ2v) is 2.82. The maximum atomic E-state index is 10.9. The van der Waals surface area contributed by atoms with Crippen molar-refractivity contribution in [2.75, 3.05) is 0 Å². The number of benzene rings is 1. The smallest absolute Gasteiger partial charge is 0.335 e. The highest BCUT2D eigenvalue weighted by Gasteiger charge is 1.94. The lowest BCUT2D eigenvalue weighted by Gasteiger charge is -1.93. The first-order valence-corrected chi connectivity index (χ1v) is 4.52. The molecule has 0 aliphatic carbocycles. The Morgan fingerprint density at radius 2 is 1.81 bits per heavy atom. The third-order valence-corrected chi connectivity index (χ3v) is 1.61. The fourth-order valence-electron chi connectivity index (χ4n) is 0.922. The van der Waals surface area contributed by atoms with Crippen LogP contribution in [0.15, 0.2) is 48.7 Å². The van der Waals surface area contributed by atoms with Crippen LogP contribution in [0.4, 0.5) is 0 Å². The molecule has 1 aromatic carbocycles. The number of carboxylic acid groups (broad SMARTS) is 1. The summed E-state index contributed by atoms with van der Waals surface area (Å²) in [7, 11) is 0. The first-order chi connectivity index (χ1) is 7.68. The molecule has 0 unspecified atom stereocenters. The van der Waals surface area contributed by atoms with Gasteiger partial charge in [-0.25, -0.2) is 9.59 Å². The summed E-state index contributed by atoms with van der Waals surface area (Å²) in [6.45, 7) is 0. The van der Waals surface area contributed by atoms with Crippen LogP contribution in [0.25, 0.3) is 6.08 Å². The summed E-state index contributed by atoms with van der Waals surface area (Å²) in [5.41, 5.74) is 0.887. The summed E-state index contributed by atoms with van der Waals surface area (Å²) in [5.74, 6) is -1.92. The lowest BCUT2D eigenvalue weighted by atomic mass is 10.2. The summed E-state index contributed by atoms with van der Waals surface area (Å²) in [5, 5.41) is 8.25. The molecule has 0 saturated heterocycles. The molecule has 16 heavy (non-hydrogen) atoms. The SMILES string of the molecule is O=C(O)/C=C\C(=O)OC=Cc1ccccc1. The number of carboxylic acids is 1. The molecule has 0 amide bonds. The van der Waals surface area contributed by atoms with E-state index < -0.39 is 11.9 Å². The zero-order valence-electron chi connectivity index (χ0n) is 8.37. The van der Waals surface area contributed by atoms with Gasteiger partial charge in [0.25, 0.3) is 0 Å². The van der Waals surface area contributed by atoms with Crippen LogP contribution in [0.2, 0.25) is 0 Å². The van der Waals surface area contributed by atoms with Gasteiger partial charge in [-0.15, -0.1) is 0 Å². The van der Waals surface area contributed by atoms with Gasteiger partial charge in [0.1, 0.15) is 0 Å². The van der Waals surface area contributed by atoms with Crippen LogP contribution in [0.1, 0.15) is 5.56 Å². The Hall–Kier alpha value is -2.36. The normalized spacial score (nSPS) is 10.8. The molecular weight excluding hydrogens is 208 g/mol. The van der Waals surface area contributed by atoms with Crippen molar-refractivity contribution in [1.82, 2.24) is 0 Å². The largest absolute Gasteiger partial charge is 0.478 e. The van der Waals surface area contributed by atoms with E-state index in [0.717, 1.165) is 17.7 Å². The molecule has 0 saturated carbocycles. The molecule has 1 N–H and O–H groups in total. The van der Waals surface area contributed by atoms with Crippen LogP contribution in [0, 0.1) is 0 Å². The number of carbonyl (C=O) groups excluding carboxylic acids is 1. The lowest BCUT2D eigenvalue weighted by Crippen LogP contribution is -1.96. The zero-order chi connectivity index (χ0) is 11.8.